The molecule has 0 saturated carbocycles. The molecule has 0 aliphatic carbocycles. The minimum Gasteiger partial charge on any atom is -0.489 e. The quantitative estimate of drug-likeness (QED) is 0.653. The largest absolute Gasteiger partial charge is 0.489 e. The van der Waals surface area contributed by atoms with Gasteiger partial charge < -0.3 is 4.74 Å². The molecular formula is C12H14N2O2S. The van der Waals surface area contributed by atoms with Crippen molar-refractivity contribution in [3.63, 3.8) is 0 Å². The number of hydrazone groups is 1. The second-order valence-electron chi connectivity index (χ2n) is 3.78. The molecule has 0 spiro atoms. The van der Waals surface area contributed by atoms with Crippen LogP contribution in [0, 0.1) is 0 Å². The zero-order valence-corrected chi connectivity index (χ0v) is 10.4. The molecule has 0 aromatic heterocycles. The minimum atomic E-state index is -0.180. The Balaban J connectivity index is 1.95. The summed E-state index contributed by atoms with van der Waals surface area (Å²) in [6.45, 7) is 1.42. The molecule has 0 unspecified atom stereocenters. The summed E-state index contributed by atoms with van der Waals surface area (Å²) < 4.78 is 5.75. The SMILES string of the molecule is CC(=O)N/N=C/c1cccc(OC2CSC2)c1. The summed E-state index contributed by atoms with van der Waals surface area (Å²) in [5.74, 6) is 2.79. The normalized spacial score (nSPS) is 15.6. The van der Waals surface area contributed by atoms with E-state index in [2.05, 4.69) is 10.5 Å². The first kappa shape index (κ1) is 12.0. The number of benzene rings is 1. The van der Waals surface area contributed by atoms with Crippen LogP contribution >= 0.6 is 11.8 Å². The summed E-state index contributed by atoms with van der Waals surface area (Å²) in [4.78, 5) is 10.6. The summed E-state index contributed by atoms with van der Waals surface area (Å²) in [6, 6.07) is 7.66. The van der Waals surface area contributed by atoms with Crippen molar-refractivity contribution < 1.29 is 9.53 Å². The van der Waals surface area contributed by atoms with Crippen LogP contribution in [0.2, 0.25) is 0 Å². The van der Waals surface area contributed by atoms with Gasteiger partial charge in [0.1, 0.15) is 11.9 Å². The first-order valence-electron chi connectivity index (χ1n) is 5.38. The van der Waals surface area contributed by atoms with Crippen LogP contribution in [0.1, 0.15) is 12.5 Å². The van der Waals surface area contributed by atoms with Crippen LogP contribution in [0.25, 0.3) is 0 Å². The Morgan fingerprint density at radius 1 is 1.59 bits per heavy atom. The topological polar surface area (TPSA) is 50.7 Å². The second-order valence-corrected chi connectivity index (χ2v) is 4.85. The molecule has 1 fully saturated rings. The standard InChI is InChI=1S/C12H14N2O2S/c1-9(15)14-13-6-10-3-2-4-11(5-10)16-12-7-17-8-12/h2-6,12H,7-8H2,1H3,(H,14,15)/b13-6+. The lowest BCUT2D eigenvalue weighted by Crippen LogP contribution is -2.31. The van der Waals surface area contributed by atoms with Gasteiger partial charge in [0.2, 0.25) is 5.91 Å². The van der Waals surface area contributed by atoms with Gasteiger partial charge in [-0.05, 0) is 17.7 Å². The third-order valence-electron chi connectivity index (χ3n) is 2.20. The molecule has 4 nitrogen and oxygen atoms in total. The van der Waals surface area contributed by atoms with Gasteiger partial charge in [-0.15, -0.1) is 0 Å². The summed E-state index contributed by atoms with van der Waals surface area (Å²) in [7, 11) is 0. The van der Waals surface area contributed by atoms with Crippen LogP contribution in [-0.4, -0.2) is 29.7 Å². The van der Waals surface area contributed by atoms with Crippen LogP contribution < -0.4 is 10.2 Å². The number of ether oxygens (including phenoxy) is 1. The van der Waals surface area contributed by atoms with Crippen molar-refractivity contribution in [1.29, 1.82) is 0 Å². The van der Waals surface area contributed by atoms with Crippen molar-refractivity contribution in [3.05, 3.63) is 29.8 Å². The Labute approximate surface area is 104 Å². The van der Waals surface area contributed by atoms with Crippen molar-refractivity contribution in [2.24, 2.45) is 5.10 Å². The van der Waals surface area contributed by atoms with Gasteiger partial charge in [0.25, 0.3) is 0 Å². The molecule has 1 aromatic rings. The molecule has 1 aliphatic rings. The van der Waals surface area contributed by atoms with E-state index < -0.39 is 0 Å². The van der Waals surface area contributed by atoms with Gasteiger partial charge >= 0.3 is 0 Å². The van der Waals surface area contributed by atoms with Crippen molar-refractivity contribution in [2.75, 3.05) is 11.5 Å². The third-order valence-corrected chi connectivity index (χ3v) is 3.42. The molecule has 2 rings (SSSR count). The molecule has 1 amide bonds. The Kier molecular flexibility index (Phi) is 4.03. The van der Waals surface area contributed by atoms with Gasteiger partial charge in [-0.25, -0.2) is 5.43 Å². The highest BCUT2D eigenvalue weighted by Crippen LogP contribution is 2.24. The van der Waals surface area contributed by atoms with Crippen molar-refractivity contribution in [1.82, 2.24) is 5.43 Å². The van der Waals surface area contributed by atoms with Crippen LogP contribution in [0.4, 0.5) is 0 Å². The molecule has 1 aliphatic heterocycles. The van der Waals surface area contributed by atoms with E-state index in [1.165, 1.54) is 6.92 Å². The highest BCUT2D eigenvalue weighted by molar-refractivity contribution is 8.00. The maximum Gasteiger partial charge on any atom is 0.236 e. The predicted octanol–water partition coefficient (Wildman–Crippen LogP) is 1.65. The Morgan fingerprint density at radius 3 is 3.06 bits per heavy atom. The number of nitrogens with zero attached hydrogens (tertiary/aromatic N) is 1. The van der Waals surface area contributed by atoms with E-state index in [4.69, 9.17) is 4.74 Å². The Hall–Kier alpha value is -1.49. The third kappa shape index (κ3) is 3.78. The van der Waals surface area contributed by atoms with E-state index in [1.807, 2.05) is 36.0 Å². The number of hydrogen-bond donors (Lipinski definition) is 1. The second kappa shape index (κ2) is 5.72. The maximum atomic E-state index is 10.6. The predicted molar refractivity (Wildman–Crippen MR) is 69.6 cm³/mol. The molecule has 5 heteroatoms. The number of hydrogen-bond acceptors (Lipinski definition) is 4. The van der Waals surface area contributed by atoms with Crippen molar-refractivity contribution >= 4 is 23.9 Å². The minimum absolute atomic E-state index is 0.180. The maximum absolute atomic E-state index is 10.6. The van der Waals surface area contributed by atoms with Gasteiger partial charge in [0.15, 0.2) is 0 Å². The van der Waals surface area contributed by atoms with E-state index in [0.717, 1.165) is 22.8 Å². The lowest BCUT2D eigenvalue weighted by Gasteiger charge is -2.25. The van der Waals surface area contributed by atoms with Crippen LogP contribution in [-0.2, 0) is 4.79 Å². The molecule has 90 valence electrons. The van der Waals surface area contributed by atoms with Crippen LogP contribution in [0.5, 0.6) is 5.75 Å². The van der Waals surface area contributed by atoms with Gasteiger partial charge in [-0.1, -0.05) is 12.1 Å². The highest BCUT2D eigenvalue weighted by Gasteiger charge is 2.19. The van der Waals surface area contributed by atoms with E-state index in [-0.39, 0.29) is 5.91 Å². The monoisotopic (exact) mass is 250 g/mol. The van der Waals surface area contributed by atoms with E-state index in [9.17, 15) is 4.79 Å². The Bertz CT molecular complexity index is 430. The zero-order chi connectivity index (χ0) is 12.1. The van der Waals surface area contributed by atoms with Gasteiger partial charge in [0, 0.05) is 18.4 Å². The molecule has 17 heavy (non-hydrogen) atoms. The number of rotatable bonds is 4. The molecule has 1 aromatic carbocycles. The van der Waals surface area contributed by atoms with Crippen molar-refractivity contribution in [2.45, 2.75) is 13.0 Å². The number of carbonyl (C=O) groups excluding carboxylic acids is 1. The summed E-state index contributed by atoms with van der Waals surface area (Å²) in [5.41, 5.74) is 3.27. The summed E-state index contributed by atoms with van der Waals surface area (Å²) in [6.07, 6.45) is 1.94. The smallest absolute Gasteiger partial charge is 0.236 e. The lowest BCUT2D eigenvalue weighted by molar-refractivity contribution is -0.118. The average molecular weight is 250 g/mol. The fourth-order valence-corrected chi connectivity index (χ4v) is 1.90. The highest BCUT2D eigenvalue weighted by atomic mass is 32.2. The van der Waals surface area contributed by atoms with E-state index >= 15 is 0 Å². The van der Waals surface area contributed by atoms with Crippen molar-refractivity contribution in [3.8, 4) is 5.75 Å². The zero-order valence-electron chi connectivity index (χ0n) is 9.55. The van der Waals surface area contributed by atoms with Gasteiger partial charge in [-0.2, -0.15) is 16.9 Å². The number of nitrogens with one attached hydrogen (secondary N) is 1. The number of carbonyl (C=O) groups is 1. The lowest BCUT2D eigenvalue weighted by atomic mass is 10.2. The molecule has 1 N–H and O–H groups in total. The first-order valence-corrected chi connectivity index (χ1v) is 6.53. The molecule has 0 bridgehead atoms. The molecule has 1 saturated heterocycles. The first-order chi connectivity index (χ1) is 8.24. The fourth-order valence-electron chi connectivity index (χ4n) is 1.34. The van der Waals surface area contributed by atoms with E-state index in [1.54, 1.807) is 6.21 Å². The summed E-state index contributed by atoms with van der Waals surface area (Å²) in [5, 5.41) is 3.81. The number of thioether (sulfide) groups is 1. The van der Waals surface area contributed by atoms with Gasteiger partial charge in [-0.3, -0.25) is 4.79 Å². The molecular weight excluding hydrogens is 236 g/mol. The molecule has 1 heterocycles. The Morgan fingerprint density at radius 2 is 2.41 bits per heavy atom. The summed E-state index contributed by atoms with van der Waals surface area (Å²) >= 11 is 1.89. The number of amides is 1. The van der Waals surface area contributed by atoms with E-state index in [0.29, 0.717) is 6.10 Å². The van der Waals surface area contributed by atoms with Crippen LogP contribution in [0.15, 0.2) is 29.4 Å². The fraction of sp³-hybridized carbons (Fsp3) is 0.333. The molecule has 0 atom stereocenters. The molecule has 0 radical (unpaired) electrons. The average Bonchev–Trinajstić information content (AvgIpc) is 2.24. The van der Waals surface area contributed by atoms with Crippen LogP contribution in [0.3, 0.4) is 0 Å². The van der Waals surface area contributed by atoms with Gasteiger partial charge in [0.05, 0.1) is 6.21 Å².